The highest BCUT2D eigenvalue weighted by Crippen LogP contribution is 2.09. The van der Waals surface area contributed by atoms with E-state index in [1.807, 2.05) is 6.92 Å². The summed E-state index contributed by atoms with van der Waals surface area (Å²) in [7, 11) is 0. The lowest BCUT2D eigenvalue weighted by Crippen LogP contribution is -2.43. The van der Waals surface area contributed by atoms with Crippen molar-refractivity contribution in [3.05, 3.63) is 18.0 Å². The Hall–Kier alpha value is -1.65. The maximum absolute atomic E-state index is 11.3. The zero-order valence-corrected chi connectivity index (χ0v) is 7.93. The smallest absolute Gasteiger partial charge is 0.374 e. The molecule has 0 radical (unpaired) electrons. The number of ether oxygens (including phenoxy) is 1. The van der Waals surface area contributed by atoms with Crippen LogP contribution in [0.2, 0.25) is 0 Å². The van der Waals surface area contributed by atoms with Gasteiger partial charge < -0.3 is 9.64 Å². The predicted molar refractivity (Wildman–Crippen MR) is 49.0 cm³/mol. The normalized spacial score (nSPS) is 14.8. The Morgan fingerprint density at radius 2 is 2.07 bits per heavy atom. The molecule has 5 nitrogen and oxygen atoms in total. The third-order valence-electron chi connectivity index (χ3n) is 2.05. The van der Waals surface area contributed by atoms with Crippen LogP contribution in [-0.2, 0) is 0 Å². The van der Waals surface area contributed by atoms with Crippen LogP contribution in [0, 0.1) is 6.92 Å². The molecule has 1 aromatic rings. The number of aryl methyl sites for hydroxylation is 1. The lowest BCUT2D eigenvalue weighted by molar-refractivity contribution is 0.121. The summed E-state index contributed by atoms with van der Waals surface area (Å²) in [5.41, 5.74) is 0.939. The standard InChI is InChI=1S/C9H11N3O2/c1-7-5-10-8(11-6-7)14-9(13)12-3-2-4-12/h5-6H,2-4H2,1H3. The number of carbonyl (C=O) groups excluding carboxylic acids is 1. The number of amides is 1. The highest BCUT2D eigenvalue weighted by atomic mass is 16.6. The van der Waals surface area contributed by atoms with Gasteiger partial charge in [0, 0.05) is 25.5 Å². The topological polar surface area (TPSA) is 55.3 Å². The fraction of sp³-hybridized carbons (Fsp3) is 0.444. The van der Waals surface area contributed by atoms with Crippen LogP contribution in [0.15, 0.2) is 12.4 Å². The molecule has 2 rings (SSSR count). The molecule has 0 N–H and O–H groups in total. The van der Waals surface area contributed by atoms with Gasteiger partial charge in [0.15, 0.2) is 0 Å². The van der Waals surface area contributed by atoms with Gasteiger partial charge in [-0.2, -0.15) is 0 Å². The molecule has 0 aromatic carbocycles. The SMILES string of the molecule is Cc1cnc(OC(=O)N2CCC2)nc1. The van der Waals surface area contributed by atoms with Gasteiger partial charge >= 0.3 is 12.1 Å². The Morgan fingerprint density at radius 3 is 2.57 bits per heavy atom. The summed E-state index contributed by atoms with van der Waals surface area (Å²) in [5.74, 6) is 0. The fourth-order valence-corrected chi connectivity index (χ4v) is 1.07. The molecule has 74 valence electrons. The Morgan fingerprint density at radius 1 is 1.43 bits per heavy atom. The number of nitrogens with zero attached hydrogens (tertiary/aromatic N) is 3. The molecule has 0 spiro atoms. The third kappa shape index (κ3) is 1.81. The molecule has 2 heterocycles. The summed E-state index contributed by atoms with van der Waals surface area (Å²) >= 11 is 0. The van der Waals surface area contributed by atoms with Crippen molar-refractivity contribution in [1.82, 2.24) is 14.9 Å². The zero-order valence-electron chi connectivity index (χ0n) is 7.93. The number of likely N-dealkylation sites (tertiary alicyclic amines) is 1. The van der Waals surface area contributed by atoms with Gasteiger partial charge in [0.2, 0.25) is 0 Å². The minimum Gasteiger partial charge on any atom is -0.374 e. The molecule has 1 amide bonds. The van der Waals surface area contributed by atoms with Crippen molar-refractivity contribution in [1.29, 1.82) is 0 Å². The highest BCUT2D eigenvalue weighted by Gasteiger charge is 2.22. The van der Waals surface area contributed by atoms with E-state index in [0.717, 1.165) is 25.1 Å². The van der Waals surface area contributed by atoms with E-state index in [4.69, 9.17) is 4.74 Å². The Kier molecular flexibility index (Phi) is 2.30. The van der Waals surface area contributed by atoms with Gasteiger partial charge in [-0.1, -0.05) is 0 Å². The molecular formula is C9H11N3O2. The Labute approximate surface area is 81.7 Å². The molecular weight excluding hydrogens is 182 g/mol. The van der Waals surface area contributed by atoms with Gasteiger partial charge in [0.1, 0.15) is 0 Å². The second-order valence-electron chi connectivity index (χ2n) is 3.25. The van der Waals surface area contributed by atoms with Crippen LogP contribution in [0.4, 0.5) is 4.79 Å². The first kappa shape index (κ1) is 8.93. The van der Waals surface area contributed by atoms with Gasteiger partial charge in [0.25, 0.3) is 0 Å². The van der Waals surface area contributed by atoms with Gasteiger partial charge in [-0.3, -0.25) is 0 Å². The first-order chi connectivity index (χ1) is 6.75. The average Bonchev–Trinajstić information content (AvgIpc) is 2.06. The van der Waals surface area contributed by atoms with Gasteiger partial charge in [-0.15, -0.1) is 0 Å². The van der Waals surface area contributed by atoms with Gasteiger partial charge in [-0.05, 0) is 18.9 Å². The van der Waals surface area contributed by atoms with Crippen molar-refractivity contribution in [3.63, 3.8) is 0 Å². The van der Waals surface area contributed by atoms with E-state index >= 15 is 0 Å². The number of rotatable bonds is 1. The van der Waals surface area contributed by atoms with Crippen molar-refractivity contribution in [3.8, 4) is 6.01 Å². The molecule has 0 saturated carbocycles. The minimum absolute atomic E-state index is 0.118. The van der Waals surface area contributed by atoms with Crippen molar-refractivity contribution < 1.29 is 9.53 Å². The van der Waals surface area contributed by atoms with Gasteiger partial charge in [0.05, 0.1) is 0 Å². The van der Waals surface area contributed by atoms with Crippen LogP contribution < -0.4 is 4.74 Å². The number of carbonyl (C=O) groups is 1. The summed E-state index contributed by atoms with van der Waals surface area (Å²) in [4.78, 5) is 20.7. The van der Waals surface area contributed by atoms with E-state index in [9.17, 15) is 4.79 Å². The fourth-order valence-electron chi connectivity index (χ4n) is 1.07. The third-order valence-corrected chi connectivity index (χ3v) is 2.05. The van der Waals surface area contributed by atoms with Crippen LogP contribution in [0.3, 0.4) is 0 Å². The summed E-state index contributed by atoms with van der Waals surface area (Å²) in [6, 6.07) is 0.118. The number of hydrogen-bond acceptors (Lipinski definition) is 4. The molecule has 5 heteroatoms. The molecule has 0 aliphatic carbocycles. The highest BCUT2D eigenvalue weighted by molar-refractivity contribution is 5.70. The quantitative estimate of drug-likeness (QED) is 0.667. The maximum Gasteiger partial charge on any atom is 0.417 e. The van der Waals surface area contributed by atoms with Crippen molar-refractivity contribution in [2.45, 2.75) is 13.3 Å². The molecule has 1 aromatic heterocycles. The van der Waals surface area contributed by atoms with Crippen LogP contribution in [0.1, 0.15) is 12.0 Å². The van der Waals surface area contributed by atoms with Crippen molar-refractivity contribution in [2.24, 2.45) is 0 Å². The van der Waals surface area contributed by atoms with Crippen LogP contribution >= 0.6 is 0 Å². The van der Waals surface area contributed by atoms with Crippen LogP contribution in [0.25, 0.3) is 0 Å². The van der Waals surface area contributed by atoms with E-state index in [1.54, 1.807) is 17.3 Å². The first-order valence-corrected chi connectivity index (χ1v) is 4.51. The van der Waals surface area contributed by atoms with E-state index < -0.39 is 0 Å². The summed E-state index contributed by atoms with van der Waals surface area (Å²) in [5, 5.41) is 0. The Balaban J connectivity index is 1.96. The molecule has 1 aliphatic heterocycles. The molecule has 0 bridgehead atoms. The second kappa shape index (κ2) is 3.61. The summed E-state index contributed by atoms with van der Waals surface area (Å²) in [6.45, 7) is 3.41. The van der Waals surface area contributed by atoms with Crippen LogP contribution in [0.5, 0.6) is 6.01 Å². The Bertz CT molecular complexity index is 332. The molecule has 1 fully saturated rings. The summed E-state index contributed by atoms with van der Waals surface area (Å²) < 4.78 is 4.94. The van der Waals surface area contributed by atoms with E-state index in [-0.39, 0.29) is 12.1 Å². The second-order valence-corrected chi connectivity index (χ2v) is 3.25. The van der Waals surface area contributed by atoms with Crippen molar-refractivity contribution in [2.75, 3.05) is 13.1 Å². The van der Waals surface area contributed by atoms with Gasteiger partial charge in [-0.25, -0.2) is 14.8 Å². The van der Waals surface area contributed by atoms with E-state index in [0.29, 0.717) is 0 Å². The largest absolute Gasteiger partial charge is 0.417 e. The predicted octanol–water partition coefficient (Wildman–Crippen LogP) is 0.990. The summed E-state index contributed by atoms with van der Waals surface area (Å²) in [6.07, 6.45) is 3.92. The lowest BCUT2D eigenvalue weighted by atomic mass is 10.2. The molecule has 1 saturated heterocycles. The first-order valence-electron chi connectivity index (χ1n) is 4.51. The van der Waals surface area contributed by atoms with E-state index in [2.05, 4.69) is 9.97 Å². The number of hydrogen-bond donors (Lipinski definition) is 0. The molecule has 0 unspecified atom stereocenters. The lowest BCUT2D eigenvalue weighted by Gasteiger charge is -2.28. The maximum atomic E-state index is 11.3. The average molecular weight is 193 g/mol. The zero-order chi connectivity index (χ0) is 9.97. The molecule has 14 heavy (non-hydrogen) atoms. The van der Waals surface area contributed by atoms with Crippen molar-refractivity contribution >= 4 is 6.09 Å². The molecule has 1 aliphatic rings. The monoisotopic (exact) mass is 193 g/mol. The van der Waals surface area contributed by atoms with E-state index in [1.165, 1.54) is 0 Å². The number of aromatic nitrogens is 2. The minimum atomic E-state index is -0.361. The van der Waals surface area contributed by atoms with Crippen LogP contribution in [-0.4, -0.2) is 34.1 Å². The molecule has 0 atom stereocenters.